The van der Waals surface area contributed by atoms with Crippen LogP contribution in [-0.4, -0.2) is 9.55 Å². The van der Waals surface area contributed by atoms with Gasteiger partial charge in [-0.2, -0.15) is 0 Å². The van der Waals surface area contributed by atoms with Crippen molar-refractivity contribution in [3.05, 3.63) is 62.9 Å². The zero-order valence-corrected chi connectivity index (χ0v) is 11.2. The molecule has 0 saturated heterocycles. The molecule has 0 fully saturated rings. The summed E-state index contributed by atoms with van der Waals surface area (Å²) in [5.41, 5.74) is 1.69. The molecule has 2 aromatic heterocycles. The van der Waals surface area contributed by atoms with Crippen molar-refractivity contribution in [2.45, 2.75) is 6.54 Å². The first-order chi connectivity index (χ1) is 9.15. The molecule has 1 aromatic carbocycles. The van der Waals surface area contributed by atoms with E-state index in [0.717, 1.165) is 5.56 Å². The Morgan fingerprint density at radius 1 is 1.37 bits per heavy atom. The summed E-state index contributed by atoms with van der Waals surface area (Å²) in [5, 5.41) is 0. The Hall–Kier alpha value is -1.95. The molecular weight excluding hydrogens is 315 g/mol. The SMILES string of the molecule is O=c1oc2cccnc2n1Cc1ccc(F)cc1Br. The number of nitrogens with zero attached hydrogens (tertiary/aromatic N) is 2. The summed E-state index contributed by atoms with van der Waals surface area (Å²) in [6.07, 6.45) is 1.59. The molecule has 0 N–H and O–H groups in total. The number of aromatic nitrogens is 2. The minimum absolute atomic E-state index is 0.268. The van der Waals surface area contributed by atoms with Crippen LogP contribution >= 0.6 is 15.9 Å². The summed E-state index contributed by atoms with van der Waals surface area (Å²) < 4.78 is 20.1. The van der Waals surface area contributed by atoms with Crippen LogP contribution in [0.5, 0.6) is 0 Å². The lowest BCUT2D eigenvalue weighted by Crippen LogP contribution is -2.15. The molecule has 3 aromatic rings. The van der Waals surface area contributed by atoms with Gasteiger partial charge >= 0.3 is 5.76 Å². The molecule has 0 amide bonds. The Morgan fingerprint density at radius 2 is 2.21 bits per heavy atom. The molecule has 0 spiro atoms. The van der Waals surface area contributed by atoms with Crippen molar-refractivity contribution >= 4 is 27.2 Å². The summed E-state index contributed by atoms with van der Waals surface area (Å²) in [7, 11) is 0. The van der Waals surface area contributed by atoms with Gasteiger partial charge in [0.15, 0.2) is 11.2 Å². The number of benzene rings is 1. The third-order valence-electron chi connectivity index (χ3n) is 2.77. The van der Waals surface area contributed by atoms with E-state index in [0.29, 0.717) is 15.7 Å². The average Bonchev–Trinajstić information content (AvgIpc) is 2.69. The van der Waals surface area contributed by atoms with Crippen LogP contribution in [0.15, 0.2) is 50.2 Å². The molecule has 96 valence electrons. The lowest BCUT2D eigenvalue weighted by atomic mass is 10.2. The van der Waals surface area contributed by atoms with Crippen molar-refractivity contribution < 1.29 is 8.81 Å². The fourth-order valence-corrected chi connectivity index (χ4v) is 2.34. The third-order valence-corrected chi connectivity index (χ3v) is 3.51. The van der Waals surface area contributed by atoms with E-state index < -0.39 is 5.76 Å². The fourth-order valence-electron chi connectivity index (χ4n) is 1.86. The van der Waals surface area contributed by atoms with Crippen LogP contribution in [0, 0.1) is 5.82 Å². The maximum atomic E-state index is 13.0. The lowest BCUT2D eigenvalue weighted by molar-refractivity contribution is 0.517. The molecule has 0 unspecified atom stereocenters. The number of hydrogen-bond donors (Lipinski definition) is 0. The van der Waals surface area contributed by atoms with Crippen LogP contribution in [0.2, 0.25) is 0 Å². The summed E-state index contributed by atoms with van der Waals surface area (Å²) in [6.45, 7) is 0.268. The van der Waals surface area contributed by atoms with Crippen molar-refractivity contribution in [2.75, 3.05) is 0 Å². The highest BCUT2D eigenvalue weighted by atomic mass is 79.9. The quantitative estimate of drug-likeness (QED) is 0.728. The van der Waals surface area contributed by atoms with E-state index in [4.69, 9.17) is 4.42 Å². The highest BCUT2D eigenvalue weighted by molar-refractivity contribution is 9.10. The molecule has 0 aliphatic heterocycles. The average molecular weight is 323 g/mol. The van der Waals surface area contributed by atoms with Gasteiger partial charge in [0.2, 0.25) is 0 Å². The van der Waals surface area contributed by atoms with Crippen molar-refractivity contribution in [2.24, 2.45) is 0 Å². The van der Waals surface area contributed by atoms with E-state index in [-0.39, 0.29) is 12.4 Å². The number of fused-ring (bicyclic) bond motifs is 1. The summed E-state index contributed by atoms with van der Waals surface area (Å²) in [5.74, 6) is -0.817. The van der Waals surface area contributed by atoms with Gasteiger partial charge in [-0.3, -0.25) is 4.57 Å². The topological polar surface area (TPSA) is 48.0 Å². The Bertz CT molecular complexity index is 810. The maximum absolute atomic E-state index is 13.0. The Kier molecular flexibility index (Phi) is 2.94. The maximum Gasteiger partial charge on any atom is 0.421 e. The Morgan fingerprint density at radius 3 is 3.00 bits per heavy atom. The van der Waals surface area contributed by atoms with E-state index in [1.165, 1.54) is 16.7 Å². The van der Waals surface area contributed by atoms with Gasteiger partial charge in [0.05, 0.1) is 6.54 Å². The molecule has 0 atom stereocenters. The number of halogens is 2. The van der Waals surface area contributed by atoms with Crippen molar-refractivity contribution in [3.8, 4) is 0 Å². The van der Waals surface area contributed by atoms with Crippen molar-refractivity contribution in [1.82, 2.24) is 9.55 Å². The Balaban J connectivity index is 2.10. The van der Waals surface area contributed by atoms with Gasteiger partial charge in [0, 0.05) is 10.7 Å². The van der Waals surface area contributed by atoms with Gasteiger partial charge in [-0.1, -0.05) is 22.0 Å². The van der Waals surface area contributed by atoms with Gasteiger partial charge in [0.1, 0.15) is 5.82 Å². The normalized spacial score (nSPS) is 11.1. The molecule has 0 saturated carbocycles. The number of hydrogen-bond acceptors (Lipinski definition) is 3. The number of pyridine rings is 1. The van der Waals surface area contributed by atoms with Crippen LogP contribution < -0.4 is 5.76 Å². The van der Waals surface area contributed by atoms with Crippen LogP contribution in [0.25, 0.3) is 11.2 Å². The highest BCUT2D eigenvalue weighted by Gasteiger charge is 2.11. The summed E-state index contributed by atoms with van der Waals surface area (Å²) >= 11 is 3.28. The van der Waals surface area contributed by atoms with Gasteiger partial charge in [-0.15, -0.1) is 0 Å². The summed E-state index contributed by atoms with van der Waals surface area (Å²) in [4.78, 5) is 15.9. The first-order valence-electron chi connectivity index (χ1n) is 5.53. The predicted octanol–water partition coefficient (Wildman–Crippen LogP) is 2.94. The van der Waals surface area contributed by atoms with Crippen LogP contribution in [0.3, 0.4) is 0 Å². The molecule has 0 radical (unpaired) electrons. The zero-order valence-electron chi connectivity index (χ0n) is 9.64. The molecule has 2 heterocycles. The second-order valence-electron chi connectivity index (χ2n) is 4.01. The van der Waals surface area contributed by atoms with Crippen LogP contribution in [0.4, 0.5) is 4.39 Å². The lowest BCUT2D eigenvalue weighted by Gasteiger charge is -2.04. The van der Waals surface area contributed by atoms with Crippen LogP contribution in [0.1, 0.15) is 5.56 Å². The number of oxazole rings is 1. The zero-order chi connectivity index (χ0) is 13.4. The minimum atomic E-state index is -0.482. The second kappa shape index (κ2) is 4.62. The smallest absolute Gasteiger partial charge is 0.406 e. The van der Waals surface area contributed by atoms with Crippen molar-refractivity contribution in [1.29, 1.82) is 0 Å². The molecule has 0 aliphatic rings. The standard InChI is InChI=1S/C13H8BrFN2O2/c14-10-6-9(15)4-3-8(10)7-17-12-11(19-13(17)18)2-1-5-16-12/h1-6H,7H2. The van der Waals surface area contributed by atoms with E-state index >= 15 is 0 Å². The first-order valence-corrected chi connectivity index (χ1v) is 6.33. The van der Waals surface area contributed by atoms with Gasteiger partial charge < -0.3 is 4.42 Å². The molecule has 0 aliphatic carbocycles. The van der Waals surface area contributed by atoms with E-state index in [9.17, 15) is 9.18 Å². The second-order valence-corrected chi connectivity index (χ2v) is 4.87. The number of rotatable bonds is 2. The molecule has 6 heteroatoms. The predicted molar refractivity (Wildman–Crippen MR) is 71.5 cm³/mol. The largest absolute Gasteiger partial charge is 0.421 e. The van der Waals surface area contributed by atoms with Crippen molar-refractivity contribution in [3.63, 3.8) is 0 Å². The molecular formula is C13H8BrFN2O2. The fraction of sp³-hybridized carbons (Fsp3) is 0.0769. The van der Waals surface area contributed by atoms with E-state index in [1.54, 1.807) is 24.4 Å². The molecule has 0 bridgehead atoms. The van der Waals surface area contributed by atoms with Gasteiger partial charge in [-0.25, -0.2) is 14.2 Å². The Labute approximate surface area is 115 Å². The summed E-state index contributed by atoms with van der Waals surface area (Å²) in [6, 6.07) is 7.70. The first kappa shape index (κ1) is 12.1. The molecule has 19 heavy (non-hydrogen) atoms. The molecule has 3 rings (SSSR count). The van der Waals surface area contributed by atoms with Crippen LogP contribution in [-0.2, 0) is 6.54 Å². The third kappa shape index (κ3) is 2.19. The van der Waals surface area contributed by atoms with Gasteiger partial charge in [0.25, 0.3) is 0 Å². The van der Waals surface area contributed by atoms with E-state index in [1.807, 2.05) is 0 Å². The monoisotopic (exact) mass is 322 g/mol. The highest BCUT2D eigenvalue weighted by Crippen LogP contribution is 2.20. The minimum Gasteiger partial charge on any atom is -0.406 e. The van der Waals surface area contributed by atoms with Gasteiger partial charge in [-0.05, 0) is 29.8 Å². The van der Waals surface area contributed by atoms with E-state index in [2.05, 4.69) is 20.9 Å². The molecule has 4 nitrogen and oxygen atoms in total.